The lowest BCUT2D eigenvalue weighted by Gasteiger charge is -2.35. The summed E-state index contributed by atoms with van der Waals surface area (Å²) in [5, 5.41) is 13.9. The number of nitrogens with zero attached hydrogens (tertiary/aromatic N) is 2. The molecule has 6 heteroatoms. The normalized spacial score (nSPS) is 22.3. The largest absolute Gasteiger partial charge is 0.378 e. The topological polar surface area (TPSA) is 77.3 Å². The van der Waals surface area contributed by atoms with E-state index in [0.717, 1.165) is 30.8 Å². The Morgan fingerprint density at radius 2 is 2.33 bits per heavy atom. The summed E-state index contributed by atoms with van der Waals surface area (Å²) >= 11 is 0. The van der Waals surface area contributed by atoms with E-state index < -0.39 is 4.92 Å². The molecular weight excluding hydrogens is 234 g/mol. The number of aromatic nitrogens is 1. The Kier molecular flexibility index (Phi) is 3.76. The number of hydrogen-bond acceptors (Lipinski definition) is 5. The number of rotatable bonds is 5. The Morgan fingerprint density at radius 1 is 1.61 bits per heavy atom. The van der Waals surface area contributed by atoms with Crippen LogP contribution in [-0.4, -0.2) is 28.7 Å². The molecule has 0 saturated heterocycles. The fourth-order valence-electron chi connectivity index (χ4n) is 2.06. The molecule has 1 N–H and O–H groups in total. The van der Waals surface area contributed by atoms with Gasteiger partial charge in [-0.3, -0.25) is 10.1 Å². The summed E-state index contributed by atoms with van der Waals surface area (Å²) in [6.45, 7) is 4.55. The number of aryl methyl sites for hydroxylation is 1. The molecule has 0 unspecified atom stereocenters. The standard InChI is InChI=1S/C12H17N3O3/c1-3-18-11-5-9(6-11)14-12-8(2)4-10(7-13-12)15(16)17/h4,7,9,11H,3,5-6H2,1-2H3,(H,13,14). The average molecular weight is 251 g/mol. The summed E-state index contributed by atoms with van der Waals surface area (Å²) in [4.78, 5) is 14.3. The van der Waals surface area contributed by atoms with Gasteiger partial charge >= 0.3 is 0 Å². The summed E-state index contributed by atoms with van der Waals surface area (Å²) in [5.41, 5.74) is 0.822. The molecule has 0 bridgehead atoms. The van der Waals surface area contributed by atoms with E-state index in [9.17, 15) is 10.1 Å². The van der Waals surface area contributed by atoms with Crippen molar-refractivity contribution in [2.75, 3.05) is 11.9 Å². The Labute approximate surface area is 106 Å². The molecule has 0 radical (unpaired) electrons. The van der Waals surface area contributed by atoms with Crippen molar-refractivity contribution in [3.05, 3.63) is 27.9 Å². The maximum absolute atomic E-state index is 10.6. The second-order valence-electron chi connectivity index (χ2n) is 4.51. The van der Waals surface area contributed by atoms with Crippen molar-refractivity contribution in [2.45, 2.75) is 38.8 Å². The van der Waals surface area contributed by atoms with Crippen LogP contribution >= 0.6 is 0 Å². The van der Waals surface area contributed by atoms with Gasteiger partial charge in [0, 0.05) is 18.7 Å². The van der Waals surface area contributed by atoms with E-state index in [1.165, 1.54) is 12.3 Å². The fraction of sp³-hybridized carbons (Fsp3) is 0.583. The van der Waals surface area contributed by atoms with Crippen LogP contribution in [0.1, 0.15) is 25.3 Å². The summed E-state index contributed by atoms with van der Waals surface area (Å²) in [7, 11) is 0. The Bertz CT molecular complexity index is 444. The molecule has 1 heterocycles. The number of ether oxygens (including phenoxy) is 1. The van der Waals surface area contributed by atoms with Gasteiger partial charge in [-0.2, -0.15) is 0 Å². The summed E-state index contributed by atoms with van der Waals surface area (Å²) in [6, 6.07) is 1.89. The lowest BCUT2D eigenvalue weighted by molar-refractivity contribution is -0.385. The van der Waals surface area contributed by atoms with Crippen LogP contribution in [0.5, 0.6) is 0 Å². The molecule has 2 rings (SSSR count). The zero-order valence-electron chi connectivity index (χ0n) is 10.5. The van der Waals surface area contributed by atoms with Gasteiger partial charge in [-0.15, -0.1) is 0 Å². The molecule has 0 atom stereocenters. The van der Waals surface area contributed by atoms with E-state index >= 15 is 0 Å². The van der Waals surface area contributed by atoms with Gasteiger partial charge in [0.1, 0.15) is 12.0 Å². The zero-order chi connectivity index (χ0) is 13.1. The molecule has 1 aromatic heterocycles. The number of pyridine rings is 1. The maximum Gasteiger partial charge on any atom is 0.287 e. The number of nitrogens with one attached hydrogen (secondary N) is 1. The highest BCUT2D eigenvalue weighted by atomic mass is 16.6. The van der Waals surface area contributed by atoms with Crippen molar-refractivity contribution in [1.29, 1.82) is 0 Å². The first-order valence-corrected chi connectivity index (χ1v) is 6.09. The van der Waals surface area contributed by atoms with Crippen LogP contribution in [0.2, 0.25) is 0 Å². The van der Waals surface area contributed by atoms with Gasteiger partial charge < -0.3 is 10.1 Å². The number of hydrogen-bond donors (Lipinski definition) is 1. The SMILES string of the molecule is CCOC1CC(Nc2ncc([N+](=O)[O-])cc2C)C1. The van der Waals surface area contributed by atoms with Gasteiger partial charge in [-0.05, 0) is 32.3 Å². The number of anilines is 1. The predicted octanol–water partition coefficient (Wildman–Crippen LogP) is 2.28. The van der Waals surface area contributed by atoms with Gasteiger partial charge in [0.2, 0.25) is 0 Å². The highest BCUT2D eigenvalue weighted by Crippen LogP contribution is 2.28. The average Bonchev–Trinajstić information content (AvgIpc) is 2.28. The van der Waals surface area contributed by atoms with Crippen LogP contribution in [0.25, 0.3) is 0 Å². The third-order valence-electron chi connectivity index (χ3n) is 3.11. The minimum atomic E-state index is -0.432. The van der Waals surface area contributed by atoms with E-state index in [2.05, 4.69) is 10.3 Å². The summed E-state index contributed by atoms with van der Waals surface area (Å²) in [5.74, 6) is 0.723. The third kappa shape index (κ3) is 2.76. The molecular formula is C12H17N3O3. The van der Waals surface area contributed by atoms with Gasteiger partial charge in [-0.1, -0.05) is 0 Å². The molecule has 1 fully saturated rings. The molecule has 0 spiro atoms. The number of nitro groups is 1. The van der Waals surface area contributed by atoms with Crippen molar-refractivity contribution in [3.63, 3.8) is 0 Å². The quantitative estimate of drug-likeness (QED) is 0.641. The van der Waals surface area contributed by atoms with Crippen LogP contribution in [0.4, 0.5) is 11.5 Å². The molecule has 0 aliphatic heterocycles. The fourth-order valence-corrected chi connectivity index (χ4v) is 2.06. The summed E-state index contributed by atoms with van der Waals surface area (Å²) in [6.07, 6.45) is 3.55. The molecule has 1 saturated carbocycles. The smallest absolute Gasteiger partial charge is 0.287 e. The van der Waals surface area contributed by atoms with Crippen molar-refractivity contribution >= 4 is 11.5 Å². The van der Waals surface area contributed by atoms with E-state index in [-0.39, 0.29) is 5.69 Å². The minimum Gasteiger partial charge on any atom is -0.378 e. The summed E-state index contributed by atoms with van der Waals surface area (Å²) < 4.78 is 5.48. The van der Waals surface area contributed by atoms with Gasteiger partial charge in [0.15, 0.2) is 0 Å². The first-order chi connectivity index (χ1) is 8.60. The Balaban J connectivity index is 1.93. The third-order valence-corrected chi connectivity index (χ3v) is 3.11. The predicted molar refractivity (Wildman–Crippen MR) is 67.7 cm³/mol. The Hall–Kier alpha value is -1.69. The minimum absolute atomic E-state index is 0.0267. The molecule has 1 aromatic rings. The van der Waals surface area contributed by atoms with E-state index in [1.807, 2.05) is 13.8 Å². The van der Waals surface area contributed by atoms with Crippen molar-refractivity contribution in [1.82, 2.24) is 4.98 Å². The second kappa shape index (κ2) is 5.30. The lowest BCUT2D eigenvalue weighted by Crippen LogP contribution is -2.41. The molecule has 0 aromatic carbocycles. The van der Waals surface area contributed by atoms with Crippen molar-refractivity contribution in [2.24, 2.45) is 0 Å². The lowest BCUT2D eigenvalue weighted by atomic mass is 9.89. The van der Waals surface area contributed by atoms with Gasteiger partial charge in [0.25, 0.3) is 5.69 Å². The van der Waals surface area contributed by atoms with Gasteiger partial charge in [0.05, 0.1) is 11.0 Å². The van der Waals surface area contributed by atoms with E-state index in [1.54, 1.807) is 0 Å². The molecule has 18 heavy (non-hydrogen) atoms. The molecule has 98 valence electrons. The van der Waals surface area contributed by atoms with E-state index in [4.69, 9.17) is 4.74 Å². The monoisotopic (exact) mass is 251 g/mol. The second-order valence-corrected chi connectivity index (χ2v) is 4.51. The first-order valence-electron chi connectivity index (χ1n) is 6.09. The van der Waals surface area contributed by atoms with Crippen LogP contribution < -0.4 is 5.32 Å². The van der Waals surface area contributed by atoms with Crippen LogP contribution in [0, 0.1) is 17.0 Å². The molecule has 1 aliphatic rings. The van der Waals surface area contributed by atoms with Crippen LogP contribution in [0.15, 0.2) is 12.3 Å². The van der Waals surface area contributed by atoms with E-state index in [0.29, 0.717) is 12.1 Å². The highest BCUT2D eigenvalue weighted by molar-refractivity contribution is 5.49. The van der Waals surface area contributed by atoms with Crippen molar-refractivity contribution in [3.8, 4) is 0 Å². The molecule has 1 aliphatic carbocycles. The molecule has 0 amide bonds. The van der Waals surface area contributed by atoms with Crippen LogP contribution in [-0.2, 0) is 4.74 Å². The van der Waals surface area contributed by atoms with Crippen molar-refractivity contribution < 1.29 is 9.66 Å². The highest BCUT2D eigenvalue weighted by Gasteiger charge is 2.30. The first kappa shape index (κ1) is 12.8. The van der Waals surface area contributed by atoms with Gasteiger partial charge in [-0.25, -0.2) is 4.98 Å². The Morgan fingerprint density at radius 3 is 2.89 bits per heavy atom. The molecule has 6 nitrogen and oxygen atoms in total. The maximum atomic E-state index is 10.6. The van der Waals surface area contributed by atoms with Crippen LogP contribution in [0.3, 0.4) is 0 Å². The zero-order valence-corrected chi connectivity index (χ0v) is 10.5.